The fourth-order valence-electron chi connectivity index (χ4n) is 3.08. The summed E-state index contributed by atoms with van der Waals surface area (Å²) >= 11 is 0. The van der Waals surface area contributed by atoms with Gasteiger partial charge in [0.15, 0.2) is 0 Å². The van der Waals surface area contributed by atoms with Gasteiger partial charge in [-0.25, -0.2) is 0 Å². The highest BCUT2D eigenvalue weighted by atomic mass is 16.5. The molecule has 0 aromatic heterocycles. The summed E-state index contributed by atoms with van der Waals surface area (Å²) in [5.74, 6) is 1.07. The van der Waals surface area contributed by atoms with E-state index in [1.165, 1.54) is 5.56 Å². The summed E-state index contributed by atoms with van der Waals surface area (Å²) < 4.78 is 5.22. The number of carbonyl (C=O) groups is 1. The largest absolute Gasteiger partial charge is 0.497 e. The number of rotatable bonds is 7. The normalized spacial score (nSPS) is 21.2. The number of nitrogens with one attached hydrogen (secondary N) is 2. The van der Waals surface area contributed by atoms with Gasteiger partial charge in [-0.3, -0.25) is 4.79 Å². The third-order valence-corrected chi connectivity index (χ3v) is 4.29. The van der Waals surface area contributed by atoms with Crippen LogP contribution in [0.25, 0.3) is 0 Å². The molecule has 0 bridgehead atoms. The van der Waals surface area contributed by atoms with Crippen molar-refractivity contribution in [3.63, 3.8) is 0 Å². The predicted octanol–water partition coefficient (Wildman–Crippen LogP) is 2.13. The van der Waals surface area contributed by atoms with E-state index >= 15 is 0 Å². The van der Waals surface area contributed by atoms with Crippen LogP contribution in [0.4, 0.5) is 0 Å². The highest BCUT2D eigenvalue weighted by molar-refractivity contribution is 5.83. The number of ether oxygens (including phenoxy) is 1. The standard InChI is InChI=1S/C17H26N2O2/c1-3-8-17(9-11-18-13-17)16(20)19-10-7-14-5-4-6-15(12-14)21-2/h4-6,12,18H,3,7-11,13H2,1-2H3,(H,19,20). The fraction of sp³-hybridized carbons (Fsp3) is 0.588. The molecule has 1 aliphatic heterocycles. The fourth-order valence-corrected chi connectivity index (χ4v) is 3.08. The summed E-state index contributed by atoms with van der Waals surface area (Å²) in [5, 5.41) is 6.44. The minimum Gasteiger partial charge on any atom is -0.497 e. The van der Waals surface area contributed by atoms with Gasteiger partial charge in [0.2, 0.25) is 5.91 Å². The maximum absolute atomic E-state index is 12.5. The number of carbonyl (C=O) groups excluding carboxylic acids is 1. The van der Waals surface area contributed by atoms with E-state index in [2.05, 4.69) is 23.6 Å². The SMILES string of the molecule is CCCC1(C(=O)NCCc2cccc(OC)c2)CCNC1. The van der Waals surface area contributed by atoms with Gasteiger partial charge in [-0.05, 0) is 43.5 Å². The molecular weight excluding hydrogens is 264 g/mol. The van der Waals surface area contributed by atoms with E-state index in [-0.39, 0.29) is 11.3 Å². The number of benzene rings is 1. The zero-order chi connectivity index (χ0) is 15.1. The summed E-state index contributed by atoms with van der Waals surface area (Å²) in [6.45, 7) is 4.58. The second-order valence-corrected chi connectivity index (χ2v) is 5.81. The Morgan fingerprint density at radius 1 is 1.48 bits per heavy atom. The first-order valence-corrected chi connectivity index (χ1v) is 7.82. The first-order valence-electron chi connectivity index (χ1n) is 7.82. The van der Waals surface area contributed by atoms with Crippen molar-refractivity contribution < 1.29 is 9.53 Å². The third kappa shape index (κ3) is 3.97. The van der Waals surface area contributed by atoms with Gasteiger partial charge in [0, 0.05) is 13.1 Å². The lowest BCUT2D eigenvalue weighted by Crippen LogP contribution is -2.43. The molecule has 4 nitrogen and oxygen atoms in total. The summed E-state index contributed by atoms with van der Waals surface area (Å²) in [6.07, 6.45) is 3.79. The van der Waals surface area contributed by atoms with Crippen molar-refractivity contribution in [3.8, 4) is 5.75 Å². The predicted molar refractivity (Wildman–Crippen MR) is 84.5 cm³/mol. The molecule has 1 unspecified atom stereocenters. The minimum atomic E-state index is -0.191. The number of methoxy groups -OCH3 is 1. The van der Waals surface area contributed by atoms with Crippen LogP contribution in [0.3, 0.4) is 0 Å². The highest BCUT2D eigenvalue weighted by Gasteiger charge is 2.39. The van der Waals surface area contributed by atoms with Crippen molar-refractivity contribution in [2.24, 2.45) is 5.41 Å². The molecule has 21 heavy (non-hydrogen) atoms. The van der Waals surface area contributed by atoms with E-state index in [0.717, 1.165) is 44.5 Å². The van der Waals surface area contributed by atoms with Crippen LogP contribution in [0.5, 0.6) is 5.75 Å². The van der Waals surface area contributed by atoms with Crippen LogP contribution in [0.2, 0.25) is 0 Å². The molecule has 1 heterocycles. The molecule has 1 atom stereocenters. The number of amides is 1. The molecule has 4 heteroatoms. The lowest BCUT2D eigenvalue weighted by atomic mass is 9.81. The summed E-state index contributed by atoms with van der Waals surface area (Å²) in [4.78, 5) is 12.5. The average molecular weight is 290 g/mol. The summed E-state index contributed by atoms with van der Waals surface area (Å²) in [7, 11) is 1.67. The Balaban J connectivity index is 1.85. The van der Waals surface area contributed by atoms with E-state index in [0.29, 0.717) is 6.54 Å². The van der Waals surface area contributed by atoms with Gasteiger partial charge in [0.1, 0.15) is 5.75 Å². The highest BCUT2D eigenvalue weighted by Crippen LogP contribution is 2.31. The van der Waals surface area contributed by atoms with Crippen LogP contribution in [0.1, 0.15) is 31.7 Å². The molecule has 1 saturated heterocycles. The molecule has 1 aromatic rings. The number of hydrogen-bond donors (Lipinski definition) is 2. The van der Waals surface area contributed by atoms with Gasteiger partial charge < -0.3 is 15.4 Å². The Labute approximate surface area is 127 Å². The molecule has 2 rings (SSSR count). The van der Waals surface area contributed by atoms with Crippen molar-refractivity contribution in [2.75, 3.05) is 26.7 Å². The van der Waals surface area contributed by atoms with Crippen molar-refractivity contribution in [1.82, 2.24) is 10.6 Å². The molecule has 1 aromatic carbocycles. The molecule has 0 aliphatic carbocycles. The molecule has 0 saturated carbocycles. The molecule has 0 spiro atoms. The molecule has 2 N–H and O–H groups in total. The van der Waals surface area contributed by atoms with Crippen LogP contribution in [-0.2, 0) is 11.2 Å². The van der Waals surface area contributed by atoms with Crippen LogP contribution >= 0.6 is 0 Å². The monoisotopic (exact) mass is 290 g/mol. The average Bonchev–Trinajstić information content (AvgIpc) is 2.98. The zero-order valence-electron chi connectivity index (χ0n) is 13.1. The Kier molecular flexibility index (Phi) is 5.62. The van der Waals surface area contributed by atoms with Crippen LogP contribution < -0.4 is 15.4 Å². The van der Waals surface area contributed by atoms with Crippen molar-refractivity contribution >= 4 is 5.91 Å². The second-order valence-electron chi connectivity index (χ2n) is 5.81. The maximum atomic E-state index is 12.5. The molecule has 0 radical (unpaired) electrons. The number of hydrogen-bond acceptors (Lipinski definition) is 3. The van der Waals surface area contributed by atoms with E-state index in [9.17, 15) is 4.79 Å². The molecule has 1 aliphatic rings. The topological polar surface area (TPSA) is 50.4 Å². The van der Waals surface area contributed by atoms with Gasteiger partial charge in [0.25, 0.3) is 0 Å². The van der Waals surface area contributed by atoms with Crippen LogP contribution in [-0.4, -0.2) is 32.7 Å². The van der Waals surface area contributed by atoms with Gasteiger partial charge in [-0.15, -0.1) is 0 Å². The lowest BCUT2D eigenvalue weighted by Gasteiger charge is -2.26. The minimum absolute atomic E-state index is 0.191. The quantitative estimate of drug-likeness (QED) is 0.809. The Morgan fingerprint density at radius 3 is 3.00 bits per heavy atom. The smallest absolute Gasteiger partial charge is 0.227 e. The lowest BCUT2D eigenvalue weighted by molar-refractivity contribution is -0.130. The maximum Gasteiger partial charge on any atom is 0.227 e. The molecule has 116 valence electrons. The van der Waals surface area contributed by atoms with Crippen LogP contribution in [0.15, 0.2) is 24.3 Å². The first-order chi connectivity index (χ1) is 10.2. The van der Waals surface area contributed by atoms with Crippen molar-refractivity contribution in [1.29, 1.82) is 0 Å². The van der Waals surface area contributed by atoms with Gasteiger partial charge in [-0.2, -0.15) is 0 Å². The Morgan fingerprint density at radius 2 is 2.33 bits per heavy atom. The zero-order valence-corrected chi connectivity index (χ0v) is 13.1. The third-order valence-electron chi connectivity index (χ3n) is 4.29. The molecular formula is C17H26N2O2. The molecule has 1 amide bonds. The van der Waals surface area contributed by atoms with Gasteiger partial charge >= 0.3 is 0 Å². The summed E-state index contributed by atoms with van der Waals surface area (Å²) in [5.41, 5.74) is 0.993. The van der Waals surface area contributed by atoms with E-state index in [1.54, 1.807) is 7.11 Å². The van der Waals surface area contributed by atoms with E-state index < -0.39 is 0 Å². The van der Waals surface area contributed by atoms with E-state index in [1.807, 2.05) is 18.2 Å². The van der Waals surface area contributed by atoms with Crippen LogP contribution in [0, 0.1) is 5.41 Å². The Bertz CT molecular complexity index is 468. The van der Waals surface area contributed by atoms with Gasteiger partial charge in [0.05, 0.1) is 12.5 Å². The van der Waals surface area contributed by atoms with Crippen molar-refractivity contribution in [2.45, 2.75) is 32.6 Å². The Hall–Kier alpha value is -1.55. The van der Waals surface area contributed by atoms with Crippen molar-refractivity contribution in [3.05, 3.63) is 29.8 Å². The van der Waals surface area contributed by atoms with E-state index in [4.69, 9.17) is 4.74 Å². The van der Waals surface area contributed by atoms with Gasteiger partial charge in [-0.1, -0.05) is 25.5 Å². The first kappa shape index (κ1) is 15.8. The molecule has 1 fully saturated rings. The second kappa shape index (κ2) is 7.46. The summed E-state index contributed by atoms with van der Waals surface area (Å²) in [6, 6.07) is 8.00.